The van der Waals surface area contributed by atoms with Crippen LogP contribution in [0.4, 0.5) is 0 Å². The summed E-state index contributed by atoms with van der Waals surface area (Å²) >= 11 is 0. The second kappa shape index (κ2) is 4.48. The van der Waals surface area contributed by atoms with E-state index in [-0.39, 0.29) is 24.0 Å². The molecule has 1 aliphatic heterocycles. The van der Waals surface area contributed by atoms with Gasteiger partial charge in [0.25, 0.3) is 0 Å². The molecule has 1 aromatic rings. The molecule has 1 N–H and O–H groups in total. The van der Waals surface area contributed by atoms with Crippen molar-refractivity contribution in [2.24, 2.45) is 0 Å². The summed E-state index contributed by atoms with van der Waals surface area (Å²) in [6.07, 6.45) is 4.36. The van der Waals surface area contributed by atoms with Crippen LogP contribution in [-0.2, 0) is 21.1 Å². The zero-order valence-electron chi connectivity index (χ0n) is 9.24. The topological polar surface area (TPSA) is 89.3 Å². The maximum Gasteiger partial charge on any atom is 0.303 e. The number of sulfone groups is 1. The van der Waals surface area contributed by atoms with Gasteiger partial charge in [-0.3, -0.25) is 4.79 Å². The number of nitrogens with zero attached hydrogens (tertiary/aromatic N) is 2. The molecule has 1 aliphatic rings. The van der Waals surface area contributed by atoms with Crippen molar-refractivity contribution in [1.29, 1.82) is 0 Å². The third kappa shape index (κ3) is 3.06. The Labute approximate surface area is 99.2 Å². The van der Waals surface area contributed by atoms with E-state index in [9.17, 15) is 13.2 Å². The molecular formula is C10H14N2O4S. The predicted molar refractivity (Wildman–Crippen MR) is 60.5 cm³/mol. The van der Waals surface area contributed by atoms with Crippen molar-refractivity contribution < 1.29 is 18.3 Å². The molecular weight excluding hydrogens is 244 g/mol. The van der Waals surface area contributed by atoms with E-state index in [4.69, 9.17) is 5.11 Å². The van der Waals surface area contributed by atoms with Crippen LogP contribution in [0.2, 0.25) is 0 Å². The Morgan fingerprint density at radius 3 is 2.94 bits per heavy atom. The Kier molecular flexibility index (Phi) is 3.19. The lowest BCUT2D eigenvalue weighted by Crippen LogP contribution is -2.09. The van der Waals surface area contributed by atoms with Gasteiger partial charge in [0.05, 0.1) is 29.9 Å². The SMILES string of the molecule is O=C(O)CCc1cn(C2CCS(=O)(=O)C2)cn1. The van der Waals surface area contributed by atoms with Crippen LogP contribution in [0.25, 0.3) is 0 Å². The Hall–Kier alpha value is -1.37. The molecule has 1 atom stereocenters. The molecule has 6 nitrogen and oxygen atoms in total. The Balaban J connectivity index is 2.01. The van der Waals surface area contributed by atoms with Gasteiger partial charge in [0.1, 0.15) is 0 Å². The van der Waals surface area contributed by atoms with E-state index in [1.54, 1.807) is 17.1 Å². The number of hydrogen-bond acceptors (Lipinski definition) is 4. The summed E-state index contributed by atoms with van der Waals surface area (Å²) in [6, 6.07) is -0.0499. The van der Waals surface area contributed by atoms with Gasteiger partial charge in [0, 0.05) is 18.7 Å². The van der Waals surface area contributed by atoms with E-state index in [0.29, 0.717) is 18.5 Å². The van der Waals surface area contributed by atoms with Gasteiger partial charge in [0.15, 0.2) is 9.84 Å². The minimum absolute atomic E-state index is 0.0416. The number of aromatic nitrogens is 2. The predicted octanol–water partition coefficient (Wildman–Crippen LogP) is 0.260. The second-order valence-electron chi connectivity index (χ2n) is 4.26. The van der Waals surface area contributed by atoms with Gasteiger partial charge in [0.2, 0.25) is 0 Å². The third-order valence-electron chi connectivity index (χ3n) is 2.88. The maximum atomic E-state index is 11.3. The van der Waals surface area contributed by atoms with E-state index in [1.165, 1.54) is 0 Å². The first-order valence-electron chi connectivity index (χ1n) is 5.41. The molecule has 0 saturated carbocycles. The normalized spacial score (nSPS) is 22.7. The van der Waals surface area contributed by atoms with Crippen LogP contribution >= 0.6 is 0 Å². The molecule has 0 amide bonds. The molecule has 1 fully saturated rings. The minimum Gasteiger partial charge on any atom is -0.481 e. The van der Waals surface area contributed by atoms with Crippen LogP contribution in [-0.4, -0.2) is 40.6 Å². The highest BCUT2D eigenvalue weighted by Crippen LogP contribution is 2.23. The summed E-state index contributed by atoms with van der Waals surface area (Å²) in [5.74, 6) is -0.481. The van der Waals surface area contributed by atoms with Gasteiger partial charge in [-0.1, -0.05) is 0 Å². The third-order valence-corrected chi connectivity index (χ3v) is 4.63. The first kappa shape index (κ1) is 12.1. The first-order chi connectivity index (χ1) is 7.96. The fourth-order valence-corrected chi connectivity index (χ4v) is 3.68. The van der Waals surface area contributed by atoms with E-state index in [0.717, 1.165) is 0 Å². The zero-order valence-corrected chi connectivity index (χ0v) is 10.1. The number of aryl methyl sites for hydroxylation is 1. The quantitative estimate of drug-likeness (QED) is 0.836. The van der Waals surface area contributed by atoms with Crippen LogP contribution in [0.1, 0.15) is 24.6 Å². The molecule has 0 bridgehead atoms. The van der Waals surface area contributed by atoms with Crippen molar-refractivity contribution in [3.05, 3.63) is 18.2 Å². The average molecular weight is 258 g/mol. The molecule has 0 aromatic carbocycles. The van der Waals surface area contributed by atoms with E-state index < -0.39 is 15.8 Å². The summed E-state index contributed by atoms with van der Waals surface area (Å²) < 4.78 is 24.4. The highest BCUT2D eigenvalue weighted by Gasteiger charge is 2.28. The van der Waals surface area contributed by atoms with Crippen molar-refractivity contribution in [1.82, 2.24) is 9.55 Å². The Bertz CT molecular complexity index is 520. The minimum atomic E-state index is -2.90. The molecule has 17 heavy (non-hydrogen) atoms. The second-order valence-corrected chi connectivity index (χ2v) is 6.49. The van der Waals surface area contributed by atoms with Crippen molar-refractivity contribution in [2.75, 3.05) is 11.5 Å². The van der Waals surface area contributed by atoms with E-state index in [2.05, 4.69) is 4.98 Å². The van der Waals surface area contributed by atoms with Gasteiger partial charge in [-0.05, 0) is 6.42 Å². The molecule has 1 saturated heterocycles. The van der Waals surface area contributed by atoms with Crippen LogP contribution in [0.15, 0.2) is 12.5 Å². The smallest absolute Gasteiger partial charge is 0.303 e. The molecule has 0 radical (unpaired) electrons. The van der Waals surface area contributed by atoms with Crippen molar-refractivity contribution in [2.45, 2.75) is 25.3 Å². The zero-order chi connectivity index (χ0) is 12.5. The van der Waals surface area contributed by atoms with Crippen LogP contribution in [0, 0.1) is 0 Å². The largest absolute Gasteiger partial charge is 0.481 e. The van der Waals surface area contributed by atoms with Gasteiger partial charge in [-0.15, -0.1) is 0 Å². The van der Waals surface area contributed by atoms with Crippen LogP contribution < -0.4 is 0 Å². The molecule has 0 spiro atoms. The Morgan fingerprint density at radius 1 is 1.59 bits per heavy atom. The number of rotatable bonds is 4. The lowest BCUT2D eigenvalue weighted by Gasteiger charge is -2.07. The number of carbonyl (C=O) groups is 1. The molecule has 1 aromatic heterocycles. The summed E-state index contributed by atoms with van der Waals surface area (Å²) in [5.41, 5.74) is 0.691. The van der Waals surface area contributed by atoms with E-state index >= 15 is 0 Å². The van der Waals surface area contributed by atoms with Crippen molar-refractivity contribution >= 4 is 15.8 Å². The standard InChI is InChI=1S/C10H14N2O4S/c13-10(14)2-1-8-5-12(7-11-8)9-3-4-17(15,16)6-9/h5,7,9H,1-4,6H2,(H,13,14). The highest BCUT2D eigenvalue weighted by atomic mass is 32.2. The molecule has 1 unspecified atom stereocenters. The summed E-state index contributed by atoms with van der Waals surface area (Å²) in [4.78, 5) is 14.5. The summed E-state index contributed by atoms with van der Waals surface area (Å²) in [5, 5.41) is 8.55. The molecule has 7 heteroatoms. The number of carboxylic acid groups (broad SMARTS) is 1. The summed E-state index contributed by atoms with van der Waals surface area (Å²) in [7, 11) is -2.90. The lowest BCUT2D eigenvalue weighted by atomic mass is 10.2. The molecule has 94 valence electrons. The van der Waals surface area contributed by atoms with Crippen LogP contribution in [0.3, 0.4) is 0 Å². The monoisotopic (exact) mass is 258 g/mol. The molecule has 2 heterocycles. The number of carboxylic acids is 1. The fraction of sp³-hybridized carbons (Fsp3) is 0.600. The van der Waals surface area contributed by atoms with Crippen molar-refractivity contribution in [3.63, 3.8) is 0 Å². The average Bonchev–Trinajstić information content (AvgIpc) is 2.81. The molecule has 0 aliphatic carbocycles. The number of imidazole rings is 1. The number of hydrogen-bond donors (Lipinski definition) is 1. The van der Waals surface area contributed by atoms with Gasteiger partial charge in [-0.25, -0.2) is 13.4 Å². The van der Waals surface area contributed by atoms with Gasteiger partial charge < -0.3 is 9.67 Å². The summed E-state index contributed by atoms with van der Waals surface area (Å²) in [6.45, 7) is 0. The molecule has 2 rings (SSSR count). The van der Waals surface area contributed by atoms with Gasteiger partial charge in [-0.2, -0.15) is 0 Å². The van der Waals surface area contributed by atoms with Gasteiger partial charge >= 0.3 is 5.97 Å². The first-order valence-corrected chi connectivity index (χ1v) is 7.23. The highest BCUT2D eigenvalue weighted by molar-refractivity contribution is 7.91. The Morgan fingerprint density at radius 2 is 2.35 bits per heavy atom. The van der Waals surface area contributed by atoms with Crippen LogP contribution in [0.5, 0.6) is 0 Å². The maximum absolute atomic E-state index is 11.3. The number of aliphatic carboxylic acids is 1. The van der Waals surface area contributed by atoms with E-state index in [1.807, 2.05) is 0 Å². The fourth-order valence-electron chi connectivity index (χ4n) is 1.95. The lowest BCUT2D eigenvalue weighted by molar-refractivity contribution is -0.136. The van der Waals surface area contributed by atoms with Crippen molar-refractivity contribution in [3.8, 4) is 0 Å².